The molecule has 0 bridgehead atoms. The monoisotopic (exact) mass is 296 g/mol. The number of aliphatic hydroxyl groups excluding tert-OH is 1. The predicted octanol–water partition coefficient (Wildman–Crippen LogP) is 4.79. The van der Waals surface area contributed by atoms with Crippen molar-refractivity contribution >= 4 is 23.2 Å². The van der Waals surface area contributed by atoms with Gasteiger partial charge in [-0.2, -0.15) is 0 Å². The van der Waals surface area contributed by atoms with Gasteiger partial charge in [0.05, 0.1) is 10.0 Å². The van der Waals surface area contributed by atoms with Crippen LogP contribution < -0.4 is 0 Å². The molecule has 1 aromatic heterocycles. The van der Waals surface area contributed by atoms with E-state index in [9.17, 15) is 5.11 Å². The molecule has 1 saturated carbocycles. The van der Waals surface area contributed by atoms with Crippen LogP contribution in [-0.2, 0) is 0 Å². The lowest BCUT2D eigenvalue weighted by Gasteiger charge is -2.09. The van der Waals surface area contributed by atoms with E-state index in [4.69, 9.17) is 27.6 Å². The Morgan fingerprint density at radius 3 is 2.58 bits per heavy atom. The number of hydrogen-bond acceptors (Lipinski definition) is 2. The molecule has 1 N–H and O–H groups in total. The fourth-order valence-corrected chi connectivity index (χ4v) is 2.59. The zero-order valence-corrected chi connectivity index (χ0v) is 11.9. The third-order valence-electron chi connectivity index (χ3n) is 3.65. The van der Waals surface area contributed by atoms with Crippen LogP contribution in [0.4, 0.5) is 0 Å². The van der Waals surface area contributed by atoms with Gasteiger partial charge in [-0.05, 0) is 42.2 Å². The summed E-state index contributed by atoms with van der Waals surface area (Å²) in [6, 6.07) is 8.87. The molecule has 19 heavy (non-hydrogen) atoms. The standard InChI is InChI=1S/C15H14Cl2O2/c1-8-6-10(8)13-4-5-14(19-13)15(18)9-2-3-11(16)12(17)7-9/h2-5,7-8,10,15,18H,6H2,1H3. The summed E-state index contributed by atoms with van der Waals surface area (Å²) in [7, 11) is 0. The van der Waals surface area contributed by atoms with Gasteiger partial charge in [0, 0.05) is 5.92 Å². The largest absolute Gasteiger partial charge is 0.463 e. The van der Waals surface area contributed by atoms with E-state index in [0.29, 0.717) is 33.2 Å². The maximum atomic E-state index is 10.3. The van der Waals surface area contributed by atoms with Gasteiger partial charge in [-0.1, -0.05) is 36.2 Å². The summed E-state index contributed by atoms with van der Waals surface area (Å²) in [5.41, 5.74) is 0.680. The minimum atomic E-state index is -0.808. The lowest BCUT2D eigenvalue weighted by Crippen LogP contribution is -1.97. The van der Waals surface area contributed by atoms with Crippen LogP contribution >= 0.6 is 23.2 Å². The van der Waals surface area contributed by atoms with Crippen LogP contribution in [0.25, 0.3) is 0 Å². The van der Waals surface area contributed by atoms with Crippen molar-refractivity contribution < 1.29 is 9.52 Å². The molecule has 1 fully saturated rings. The number of rotatable bonds is 3. The molecule has 0 aliphatic heterocycles. The van der Waals surface area contributed by atoms with Crippen LogP contribution in [0, 0.1) is 5.92 Å². The van der Waals surface area contributed by atoms with Gasteiger partial charge in [0.2, 0.25) is 0 Å². The number of furan rings is 1. The molecule has 0 spiro atoms. The highest BCUT2D eigenvalue weighted by atomic mass is 35.5. The van der Waals surface area contributed by atoms with Crippen LogP contribution in [-0.4, -0.2) is 5.11 Å². The molecule has 1 heterocycles. The molecule has 1 aromatic carbocycles. The minimum absolute atomic E-state index is 0.431. The fourth-order valence-electron chi connectivity index (χ4n) is 2.28. The van der Waals surface area contributed by atoms with Gasteiger partial charge >= 0.3 is 0 Å². The smallest absolute Gasteiger partial charge is 0.137 e. The number of aliphatic hydroxyl groups is 1. The molecule has 4 heteroatoms. The summed E-state index contributed by atoms with van der Waals surface area (Å²) in [6.07, 6.45) is 0.355. The first-order valence-electron chi connectivity index (χ1n) is 6.29. The molecule has 2 aromatic rings. The molecule has 100 valence electrons. The summed E-state index contributed by atoms with van der Waals surface area (Å²) >= 11 is 11.8. The first kappa shape index (κ1) is 13.0. The van der Waals surface area contributed by atoms with Crippen LogP contribution in [0.1, 0.15) is 42.5 Å². The molecule has 3 rings (SSSR count). The van der Waals surface area contributed by atoms with Crippen molar-refractivity contribution in [3.05, 3.63) is 57.5 Å². The Bertz CT molecular complexity index is 606. The summed E-state index contributed by atoms with van der Waals surface area (Å²) < 4.78 is 5.74. The highest BCUT2D eigenvalue weighted by Gasteiger charge is 2.37. The van der Waals surface area contributed by atoms with E-state index in [0.717, 1.165) is 12.2 Å². The van der Waals surface area contributed by atoms with E-state index >= 15 is 0 Å². The SMILES string of the molecule is CC1CC1c1ccc(C(O)c2ccc(Cl)c(Cl)c2)o1. The van der Waals surface area contributed by atoms with Crippen molar-refractivity contribution in [2.24, 2.45) is 5.92 Å². The fraction of sp³-hybridized carbons (Fsp3) is 0.333. The van der Waals surface area contributed by atoms with Crippen molar-refractivity contribution in [2.75, 3.05) is 0 Å². The Labute approximate surface area is 122 Å². The molecule has 0 saturated heterocycles. The molecule has 2 nitrogen and oxygen atoms in total. The molecule has 1 aliphatic carbocycles. The average Bonchev–Trinajstić information content (AvgIpc) is 2.93. The van der Waals surface area contributed by atoms with Gasteiger partial charge < -0.3 is 9.52 Å². The Morgan fingerprint density at radius 2 is 1.95 bits per heavy atom. The highest BCUT2D eigenvalue weighted by Crippen LogP contribution is 2.47. The van der Waals surface area contributed by atoms with Crippen molar-refractivity contribution in [3.63, 3.8) is 0 Å². The van der Waals surface area contributed by atoms with E-state index in [1.165, 1.54) is 0 Å². The minimum Gasteiger partial charge on any atom is -0.463 e. The van der Waals surface area contributed by atoms with Gasteiger partial charge in [0.25, 0.3) is 0 Å². The number of hydrogen-bond donors (Lipinski definition) is 1. The number of halogens is 2. The van der Waals surface area contributed by atoms with Gasteiger partial charge in [0.15, 0.2) is 0 Å². The van der Waals surface area contributed by atoms with E-state index in [1.807, 2.05) is 12.1 Å². The van der Waals surface area contributed by atoms with Crippen molar-refractivity contribution in [2.45, 2.75) is 25.4 Å². The molecule has 1 aliphatic rings. The van der Waals surface area contributed by atoms with Crippen LogP contribution in [0.15, 0.2) is 34.7 Å². The lowest BCUT2D eigenvalue weighted by atomic mass is 10.1. The molecule has 0 amide bonds. The van der Waals surface area contributed by atoms with Gasteiger partial charge in [-0.3, -0.25) is 0 Å². The Morgan fingerprint density at radius 1 is 1.21 bits per heavy atom. The van der Waals surface area contributed by atoms with Crippen LogP contribution in [0.5, 0.6) is 0 Å². The molecular weight excluding hydrogens is 283 g/mol. The second-order valence-electron chi connectivity index (χ2n) is 5.14. The van der Waals surface area contributed by atoms with E-state index in [2.05, 4.69) is 6.92 Å². The molecular formula is C15H14Cl2O2. The van der Waals surface area contributed by atoms with Crippen LogP contribution in [0.3, 0.4) is 0 Å². The quantitative estimate of drug-likeness (QED) is 0.883. The zero-order valence-electron chi connectivity index (χ0n) is 10.4. The molecule has 3 atom stereocenters. The summed E-state index contributed by atoms with van der Waals surface area (Å²) in [5.74, 6) is 2.70. The van der Waals surface area contributed by atoms with Gasteiger partial charge in [0.1, 0.15) is 17.6 Å². The topological polar surface area (TPSA) is 33.4 Å². The summed E-state index contributed by atoms with van der Waals surface area (Å²) in [6.45, 7) is 2.20. The Kier molecular flexibility index (Phi) is 3.34. The van der Waals surface area contributed by atoms with E-state index in [1.54, 1.807) is 18.2 Å². The maximum Gasteiger partial charge on any atom is 0.137 e. The van der Waals surface area contributed by atoms with Crippen LogP contribution in [0.2, 0.25) is 10.0 Å². The summed E-state index contributed by atoms with van der Waals surface area (Å²) in [5, 5.41) is 11.2. The second-order valence-corrected chi connectivity index (χ2v) is 5.95. The predicted molar refractivity (Wildman–Crippen MR) is 75.8 cm³/mol. The lowest BCUT2D eigenvalue weighted by molar-refractivity contribution is 0.186. The summed E-state index contributed by atoms with van der Waals surface area (Å²) in [4.78, 5) is 0. The zero-order chi connectivity index (χ0) is 13.6. The van der Waals surface area contributed by atoms with Gasteiger partial charge in [-0.25, -0.2) is 0 Å². The molecule has 0 radical (unpaired) electrons. The first-order valence-corrected chi connectivity index (χ1v) is 7.04. The normalized spacial score (nSPS) is 23.4. The molecule has 3 unspecified atom stereocenters. The number of benzene rings is 1. The van der Waals surface area contributed by atoms with Crippen molar-refractivity contribution in [3.8, 4) is 0 Å². The maximum absolute atomic E-state index is 10.3. The Hall–Kier alpha value is -0.960. The van der Waals surface area contributed by atoms with Crippen molar-refractivity contribution in [1.29, 1.82) is 0 Å². The highest BCUT2D eigenvalue weighted by molar-refractivity contribution is 6.42. The van der Waals surface area contributed by atoms with Gasteiger partial charge in [-0.15, -0.1) is 0 Å². The van der Waals surface area contributed by atoms with E-state index < -0.39 is 6.10 Å². The Balaban J connectivity index is 1.84. The third kappa shape index (κ3) is 2.53. The van der Waals surface area contributed by atoms with Crippen molar-refractivity contribution in [1.82, 2.24) is 0 Å². The van der Waals surface area contributed by atoms with E-state index in [-0.39, 0.29) is 0 Å². The first-order chi connectivity index (χ1) is 9.06. The average molecular weight is 297 g/mol. The third-order valence-corrected chi connectivity index (χ3v) is 4.39. The second kappa shape index (κ2) is 4.86.